The predicted molar refractivity (Wildman–Crippen MR) is 115 cm³/mol. The molecule has 1 aliphatic heterocycles. The number of aliphatic hydroxyl groups is 2. The topological polar surface area (TPSA) is 118 Å². The minimum Gasteiger partial charge on any atom is -0.487 e. The molecule has 1 aliphatic rings. The third-order valence-corrected chi connectivity index (χ3v) is 5.46. The van der Waals surface area contributed by atoms with Crippen molar-refractivity contribution in [3.63, 3.8) is 0 Å². The summed E-state index contributed by atoms with van der Waals surface area (Å²) in [4.78, 5) is 15.1. The monoisotopic (exact) mass is 445 g/mol. The summed E-state index contributed by atoms with van der Waals surface area (Å²) in [6, 6.07) is 4.70. The van der Waals surface area contributed by atoms with Gasteiger partial charge in [-0.05, 0) is 32.0 Å². The number of nitrogen functional groups attached to an aromatic ring is 1. The quantitative estimate of drug-likeness (QED) is 0.549. The van der Waals surface area contributed by atoms with Gasteiger partial charge in [0.25, 0.3) is 0 Å². The minimum absolute atomic E-state index is 0.0939. The van der Waals surface area contributed by atoms with E-state index in [0.717, 1.165) is 18.2 Å². The van der Waals surface area contributed by atoms with Crippen molar-refractivity contribution in [2.24, 2.45) is 0 Å². The normalized spacial score (nSPS) is 16.4. The first-order valence-electron chi connectivity index (χ1n) is 10.3. The number of hydrogen-bond donors (Lipinski definition) is 3. The molecular weight excluding hydrogens is 420 g/mol. The van der Waals surface area contributed by atoms with E-state index in [1.165, 1.54) is 20.0 Å². The maximum Gasteiger partial charge on any atom is 0.172 e. The molecule has 8 nitrogen and oxygen atoms in total. The van der Waals surface area contributed by atoms with Gasteiger partial charge in [-0.15, -0.1) is 0 Å². The number of nitrogens with two attached hydrogens (primary N) is 1. The van der Waals surface area contributed by atoms with Crippen LogP contribution in [0.25, 0.3) is 11.0 Å². The van der Waals surface area contributed by atoms with E-state index < -0.39 is 23.3 Å². The molecule has 0 amide bonds. The van der Waals surface area contributed by atoms with Crippen LogP contribution in [0.2, 0.25) is 0 Å². The number of aliphatic hydroxyl groups excluding tert-OH is 1. The summed E-state index contributed by atoms with van der Waals surface area (Å²) in [5, 5.41) is 20.3. The lowest BCUT2D eigenvalue weighted by molar-refractivity contribution is -0.0516. The minimum atomic E-state index is -1.36. The van der Waals surface area contributed by atoms with Crippen molar-refractivity contribution in [3.05, 3.63) is 47.8 Å². The molecule has 4 rings (SSSR count). The number of pyridine rings is 1. The SMILES string of the molecule is CC(C)(O)C(O)c1cc2nc(N)c(N3CCC(Oc4cc(F)ccc4F)CC3)nc2cn1. The molecule has 0 bridgehead atoms. The van der Waals surface area contributed by atoms with Crippen LogP contribution in [-0.4, -0.2) is 50.0 Å². The average Bonchev–Trinajstić information content (AvgIpc) is 2.75. The smallest absolute Gasteiger partial charge is 0.172 e. The van der Waals surface area contributed by atoms with Gasteiger partial charge >= 0.3 is 0 Å². The van der Waals surface area contributed by atoms with Crippen LogP contribution >= 0.6 is 0 Å². The molecule has 1 unspecified atom stereocenters. The summed E-state index contributed by atoms with van der Waals surface area (Å²) in [5.74, 6) is -0.512. The van der Waals surface area contributed by atoms with Gasteiger partial charge in [-0.3, -0.25) is 4.98 Å². The highest BCUT2D eigenvalue weighted by Crippen LogP contribution is 2.30. The molecule has 32 heavy (non-hydrogen) atoms. The Labute approximate surface area is 183 Å². The Balaban J connectivity index is 1.48. The van der Waals surface area contributed by atoms with E-state index in [1.54, 1.807) is 6.07 Å². The third-order valence-electron chi connectivity index (χ3n) is 5.46. The summed E-state index contributed by atoms with van der Waals surface area (Å²) in [7, 11) is 0. The summed E-state index contributed by atoms with van der Waals surface area (Å²) in [6.45, 7) is 4.08. The Kier molecular flexibility index (Phi) is 5.83. The maximum absolute atomic E-state index is 13.8. The van der Waals surface area contributed by atoms with Gasteiger partial charge in [0.2, 0.25) is 0 Å². The first kappa shape index (κ1) is 22.1. The van der Waals surface area contributed by atoms with Gasteiger partial charge in [0, 0.05) is 32.0 Å². The molecule has 0 aliphatic carbocycles. The first-order valence-corrected chi connectivity index (χ1v) is 10.3. The van der Waals surface area contributed by atoms with Crippen LogP contribution in [0.5, 0.6) is 5.75 Å². The zero-order chi connectivity index (χ0) is 23.0. The van der Waals surface area contributed by atoms with Crippen LogP contribution < -0.4 is 15.4 Å². The highest BCUT2D eigenvalue weighted by molar-refractivity contribution is 5.79. The van der Waals surface area contributed by atoms with Gasteiger partial charge in [-0.2, -0.15) is 0 Å². The molecule has 1 aromatic carbocycles. The molecule has 4 N–H and O–H groups in total. The zero-order valence-electron chi connectivity index (χ0n) is 17.8. The number of anilines is 2. The van der Waals surface area contributed by atoms with Crippen molar-refractivity contribution < 1.29 is 23.7 Å². The predicted octanol–water partition coefficient (Wildman–Crippen LogP) is 2.74. The average molecular weight is 445 g/mol. The number of piperidine rings is 1. The van der Waals surface area contributed by atoms with Gasteiger partial charge in [-0.25, -0.2) is 18.7 Å². The second-order valence-electron chi connectivity index (χ2n) is 8.47. The van der Waals surface area contributed by atoms with Crippen LogP contribution in [0.15, 0.2) is 30.5 Å². The molecule has 10 heteroatoms. The van der Waals surface area contributed by atoms with Crippen LogP contribution in [0, 0.1) is 11.6 Å². The molecule has 3 heterocycles. The van der Waals surface area contributed by atoms with Crippen LogP contribution in [0.3, 0.4) is 0 Å². The van der Waals surface area contributed by atoms with E-state index in [0.29, 0.717) is 42.8 Å². The number of halogens is 2. The Morgan fingerprint density at radius 1 is 1.16 bits per heavy atom. The molecule has 3 aromatic rings. The summed E-state index contributed by atoms with van der Waals surface area (Å²) < 4.78 is 32.9. The number of ether oxygens (including phenoxy) is 1. The fourth-order valence-corrected chi connectivity index (χ4v) is 3.66. The van der Waals surface area contributed by atoms with E-state index in [-0.39, 0.29) is 23.4 Å². The van der Waals surface area contributed by atoms with Crippen molar-refractivity contribution in [2.45, 2.75) is 44.5 Å². The third kappa shape index (κ3) is 4.56. The Hall–Kier alpha value is -3.11. The molecular formula is C22H25F2N5O3. The van der Waals surface area contributed by atoms with Gasteiger partial charge in [-0.1, -0.05) is 0 Å². The van der Waals surface area contributed by atoms with Crippen molar-refractivity contribution in [2.75, 3.05) is 23.7 Å². The molecule has 1 saturated heterocycles. The molecule has 0 radical (unpaired) electrons. The second-order valence-corrected chi connectivity index (χ2v) is 8.47. The highest BCUT2D eigenvalue weighted by Gasteiger charge is 2.28. The van der Waals surface area contributed by atoms with Crippen molar-refractivity contribution in [1.82, 2.24) is 15.0 Å². The number of rotatable bonds is 5. The number of aromatic nitrogens is 3. The molecule has 170 valence electrons. The fraction of sp³-hybridized carbons (Fsp3) is 0.409. The van der Waals surface area contributed by atoms with E-state index in [2.05, 4.69) is 15.0 Å². The van der Waals surface area contributed by atoms with Crippen LogP contribution in [-0.2, 0) is 0 Å². The van der Waals surface area contributed by atoms with E-state index >= 15 is 0 Å². The lowest BCUT2D eigenvalue weighted by Crippen LogP contribution is -2.39. The lowest BCUT2D eigenvalue weighted by Gasteiger charge is -2.33. The summed E-state index contributed by atoms with van der Waals surface area (Å²) in [5.41, 5.74) is 6.02. The first-order chi connectivity index (χ1) is 15.1. The number of fused-ring (bicyclic) bond motifs is 1. The Morgan fingerprint density at radius 3 is 2.56 bits per heavy atom. The van der Waals surface area contributed by atoms with E-state index in [1.807, 2.05) is 4.90 Å². The molecule has 0 spiro atoms. The van der Waals surface area contributed by atoms with Crippen molar-refractivity contribution >= 4 is 22.7 Å². The van der Waals surface area contributed by atoms with Crippen molar-refractivity contribution in [1.29, 1.82) is 0 Å². The molecule has 1 atom stereocenters. The van der Waals surface area contributed by atoms with E-state index in [9.17, 15) is 19.0 Å². The van der Waals surface area contributed by atoms with Gasteiger partial charge in [0.1, 0.15) is 23.5 Å². The van der Waals surface area contributed by atoms with E-state index in [4.69, 9.17) is 10.5 Å². The van der Waals surface area contributed by atoms with Crippen LogP contribution in [0.4, 0.5) is 20.4 Å². The lowest BCUT2D eigenvalue weighted by atomic mass is 9.98. The van der Waals surface area contributed by atoms with Crippen LogP contribution in [0.1, 0.15) is 38.5 Å². The summed E-state index contributed by atoms with van der Waals surface area (Å²) >= 11 is 0. The van der Waals surface area contributed by atoms with Gasteiger partial charge in [0.05, 0.1) is 23.0 Å². The van der Waals surface area contributed by atoms with Gasteiger partial charge in [0.15, 0.2) is 23.2 Å². The largest absolute Gasteiger partial charge is 0.487 e. The zero-order valence-corrected chi connectivity index (χ0v) is 17.8. The molecule has 2 aromatic heterocycles. The summed E-state index contributed by atoms with van der Waals surface area (Å²) in [6.07, 6.45) is 1.19. The number of benzene rings is 1. The fourth-order valence-electron chi connectivity index (χ4n) is 3.66. The standard InChI is InChI=1S/C22H25F2N5O3/c1-22(2,31)19(30)16-10-15-17(11-26-16)28-21(20(25)27-15)29-7-5-13(6-8-29)32-18-9-12(23)3-4-14(18)24/h3-4,9-11,13,19,30-31H,5-8H2,1-2H3,(H2,25,27). The van der Waals surface area contributed by atoms with Crippen molar-refractivity contribution in [3.8, 4) is 5.75 Å². The second kappa shape index (κ2) is 8.44. The Bertz CT molecular complexity index is 1130. The number of hydrogen-bond acceptors (Lipinski definition) is 8. The highest BCUT2D eigenvalue weighted by atomic mass is 19.1. The maximum atomic E-state index is 13.8. The Morgan fingerprint density at radius 2 is 1.88 bits per heavy atom. The molecule has 1 fully saturated rings. The molecule has 0 saturated carbocycles. The van der Waals surface area contributed by atoms with Gasteiger partial charge < -0.3 is 25.6 Å². The number of nitrogens with zero attached hydrogens (tertiary/aromatic N) is 4.